The van der Waals surface area contributed by atoms with Crippen LogP contribution >= 0.6 is 0 Å². The van der Waals surface area contributed by atoms with Gasteiger partial charge in [0.1, 0.15) is 18.3 Å². The Bertz CT molecular complexity index is 660. The van der Waals surface area contributed by atoms with Crippen molar-refractivity contribution in [2.45, 2.75) is 94.8 Å². The number of halogens is 2. The van der Waals surface area contributed by atoms with Gasteiger partial charge in [0.15, 0.2) is 12.1 Å². The molecule has 1 aliphatic heterocycles. The maximum Gasteiger partial charge on any atom is 0.375 e. The number of ether oxygens (including phenoxy) is 2. The molecule has 0 bridgehead atoms. The minimum absolute atomic E-state index is 0.195. The number of carbonyl (C=O) groups is 2. The third-order valence-corrected chi connectivity index (χ3v) is 5.34. The van der Waals surface area contributed by atoms with Crippen molar-refractivity contribution in [3.63, 3.8) is 0 Å². The molecular weight excluding hydrogens is 446 g/mol. The van der Waals surface area contributed by atoms with E-state index in [1.807, 2.05) is 0 Å². The van der Waals surface area contributed by atoms with Gasteiger partial charge in [-0.3, -0.25) is 10.2 Å². The summed E-state index contributed by atoms with van der Waals surface area (Å²) in [4.78, 5) is 24.1. The van der Waals surface area contributed by atoms with E-state index in [0.717, 1.165) is 39.0 Å². The predicted molar refractivity (Wildman–Crippen MR) is 113 cm³/mol. The minimum atomic E-state index is -3.74. The monoisotopic (exact) mass is 482 g/mol. The largest absolute Gasteiger partial charge is 0.461 e. The van der Waals surface area contributed by atoms with E-state index in [1.54, 1.807) is 0 Å². The third kappa shape index (κ3) is 8.02. The molecule has 1 aliphatic rings. The van der Waals surface area contributed by atoms with Gasteiger partial charge in [-0.05, 0) is 6.42 Å². The summed E-state index contributed by atoms with van der Waals surface area (Å²) >= 11 is 0. The number of aliphatic hydroxyl groups excluding tert-OH is 3. The van der Waals surface area contributed by atoms with Crippen molar-refractivity contribution in [3.8, 4) is 0 Å². The van der Waals surface area contributed by atoms with Crippen molar-refractivity contribution >= 4 is 17.8 Å². The van der Waals surface area contributed by atoms with Crippen LogP contribution in [0.3, 0.4) is 0 Å². The van der Waals surface area contributed by atoms with Gasteiger partial charge in [-0.2, -0.15) is 4.39 Å². The van der Waals surface area contributed by atoms with Crippen molar-refractivity contribution in [3.05, 3.63) is 0 Å². The first-order chi connectivity index (χ1) is 15.5. The Kier molecular flexibility index (Phi) is 11.9. The van der Waals surface area contributed by atoms with Crippen LogP contribution in [0.2, 0.25) is 0 Å². The average molecular weight is 483 g/mol. The number of nitrogens with one attached hydrogen (secondary N) is 3. The van der Waals surface area contributed by atoms with E-state index in [0.29, 0.717) is 6.42 Å². The molecule has 0 aromatic heterocycles. The lowest BCUT2D eigenvalue weighted by molar-refractivity contribution is -0.280. The SMILES string of the molecule is CCCCCCCCOC(=O)[C@]1(F)OC([C@H](O)[C@H](O)CO)C(NC(C)=O)C(NC(=N)N)C1F. The van der Waals surface area contributed by atoms with Crippen LogP contribution in [0, 0.1) is 5.41 Å². The minimum Gasteiger partial charge on any atom is -0.461 e. The highest BCUT2D eigenvalue weighted by Gasteiger charge is 2.63. The molecule has 0 aromatic carbocycles. The average Bonchev–Trinajstić information content (AvgIpc) is 2.76. The summed E-state index contributed by atoms with van der Waals surface area (Å²) in [5.74, 6) is -6.99. The van der Waals surface area contributed by atoms with Crippen LogP contribution in [0.25, 0.3) is 0 Å². The fourth-order valence-electron chi connectivity index (χ4n) is 3.62. The molecule has 1 amide bonds. The summed E-state index contributed by atoms with van der Waals surface area (Å²) in [7, 11) is 0. The summed E-state index contributed by atoms with van der Waals surface area (Å²) in [6, 6.07) is -3.43. The zero-order valence-electron chi connectivity index (χ0n) is 18.9. The van der Waals surface area contributed by atoms with E-state index in [2.05, 4.69) is 17.6 Å². The molecule has 1 rings (SSSR count). The lowest BCUT2D eigenvalue weighted by Gasteiger charge is -2.47. The van der Waals surface area contributed by atoms with E-state index in [4.69, 9.17) is 25.7 Å². The molecule has 0 saturated carbocycles. The van der Waals surface area contributed by atoms with Crippen LogP contribution in [0.1, 0.15) is 52.4 Å². The number of aliphatic hydroxyl groups is 3. The number of hydrogen-bond donors (Lipinski definition) is 7. The number of amides is 1. The summed E-state index contributed by atoms with van der Waals surface area (Å²) in [6.45, 7) is 1.95. The van der Waals surface area contributed by atoms with Gasteiger partial charge in [-0.25, -0.2) is 9.18 Å². The number of rotatable bonds is 13. The van der Waals surface area contributed by atoms with Gasteiger partial charge < -0.3 is 41.2 Å². The summed E-state index contributed by atoms with van der Waals surface area (Å²) in [6.07, 6.45) is -3.49. The van der Waals surface area contributed by atoms with Gasteiger partial charge >= 0.3 is 11.8 Å². The lowest BCUT2D eigenvalue weighted by atomic mass is 9.86. The lowest BCUT2D eigenvalue weighted by Crippen LogP contribution is -2.75. The van der Waals surface area contributed by atoms with E-state index >= 15 is 8.78 Å². The molecule has 1 fully saturated rings. The maximum absolute atomic E-state index is 15.6. The fraction of sp³-hybridized carbons (Fsp3) is 0.850. The number of hydrogen-bond acceptors (Lipinski definition) is 8. The molecule has 7 atom stereocenters. The van der Waals surface area contributed by atoms with Crippen LogP contribution in [-0.2, 0) is 19.1 Å². The zero-order chi connectivity index (χ0) is 25.2. The van der Waals surface area contributed by atoms with Gasteiger partial charge in [0, 0.05) is 6.92 Å². The number of nitrogens with two attached hydrogens (primary N) is 1. The van der Waals surface area contributed by atoms with Gasteiger partial charge in [0.2, 0.25) is 5.91 Å². The molecule has 0 aromatic rings. The summed E-state index contributed by atoms with van der Waals surface area (Å²) in [5.41, 5.74) is 5.26. The highest BCUT2D eigenvalue weighted by atomic mass is 19.2. The van der Waals surface area contributed by atoms with E-state index in [1.165, 1.54) is 0 Å². The van der Waals surface area contributed by atoms with Crippen LogP contribution in [0.5, 0.6) is 0 Å². The van der Waals surface area contributed by atoms with E-state index < -0.39 is 66.9 Å². The van der Waals surface area contributed by atoms with Gasteiger partial charge in [0.05, 0.1) is 25.3 Å². The third-order valence-electron chi connectivity index (χ3n) is 5.34. The van der Waals surface area contributed by atoms with Crippen molar-refractivity contribution in [2.24, 2.45) is 5.73 Å². The van der Waals surface area contributed by atoms with E-state index in [9.17, 15) is 19.8 Å². The number of unbranched alkanes of at least 4 members (excludes halogenated alkanes) is 5. The Labute approximate surface area is 191 Å². The van der Waals surface area contributed by atoms with Gasteiger partial charge in [-0.15, -0.1) is 0 Å². The first kappa shape index (κ1) is 28.9. The summed E-state index contributed by atoms with van der Waals surface area (Å²) in [5, 5.41) is 41.1. The molecular formula is C20H36F2N4O7. The molecule has 13 heteroatoms. The molecule has 1 heterocycles. The van der Waals surface area contributed by atoms with Crippen LogP contribution in [0.15, 0.2) is 0 Å². The Morgan fingerprint density at radius 1 is 1.18 bits per heavy atom. The molecule has 33 heavy (non-hydrogen) atoms. The first-order valence-electron chi connectivity index (χ1n) is 11.0. The highest BCUT2D eigenvalue weighted by Crippen LogP contribution is 2.36. The smallest absolute Gasteiger partial charge is 0.375 e. The van der Waals surface area contributed by atoms with Gasteiger partial charge in [0.25, 0.3) is 0 Å². The molecule has 1 saturated heterocycles. The standard InChI is InChI=1S/C20H36F2N4O7/c1-3-4-5-6-7-8-9-32-18(31)20(22)17(21)14(26-19(23)24)13(25-11(2)28)16(33-20)15(30)12(29)10-27/h12-17,27,29-30H,3-10H2,1-2H3,(H,25,28)(H4,23,24,26)/t12-,13?,14?,15-,16?,17?,20-/m1/s1. The first-order valence-corrected chi connectivity index (χ1v) is 11.0. The number of alkyl halides is 2. The van der Waals surface area contributed by atoms with Crippen molar-refractivity contribution in [1.82, 2.24) is 10.6 Å². The summed E-state index contributed by atoms with van der Waals surface area (Å²) < 4.78 is 40.8. The molecule has 0 radical (unpaired) electrons. The molecule has 192 valence electrons. The second-order valence-electron chi connectivity index (χ2n) is 8.08. The second kappa shape index (κ2) is 13.6. The Morgan fingerprint density at radius 3 is 2.33 bits per heavy atom. The predicted octanol–water partition coefficient (Wildman–Crippen LogP) is -0.637. The van der Waals surface area contributed by atoms with E-state index in [-0.39, 0.29) is 6.61 Å². The number of carbonyl (C=O) groups excluding carboxylic acids is 2. The van der Waals surface area contributed by atoms with Crippen LogP contribution in [0.4, 0.5) is 8.78 Å². The Balaban J connectivity index is 3.09. The molecule has 0 spiro atoms. The molecule has 8 N–H and O–H groups in total. The normalized spacial score (nSPS) is 29.1. The maximum atomic E-state index is 15.6. The Hall–Kier alpha value is -2.09. The topological polar surface area (TPSA) is 187 Å². The van der Waals surface area contributed by atoms with Gasteiger partial charge in [-0.1, -0.05) is 39.0 Å². The number of guanidine groups is 1. The highest BCUT2D eigenvalue weighted by molar-refractivity contribution is 5.80. The van der Waals surface area contributed by atoms with Crippen LogP contribution < -0.4 is 16.4 Å². The van der Waals surface area contributed by atoms with Crippen molar-refractivity contribution < 1.29 is 43.2 Å². The Morgan fingerprint density at radius 2 is 1.79 bits per heavy atom. The molecule has 4 unspecified atom stereocenters. The fourth-order valence-corrected chi connectivity index (χ4v) is 3.62. The number of esters is 1. The molecule has 11 nitrogen and oxygen atoms in total. The zero-order valence-corrected chi connectivity index (χ0v) is 18.9. The second-order valence-corrected chi connectivity index (χ2v) is 8.08. The van der Waals surface area contributed by atoms with Crippen molar-refractivity contribution in [2.75, 3.05) is 13.2 Å². The van der Waals surface area contributed by atoms with Crippen LogP contribution in [-0.4, -0.2) is 88.8 Å². The van der Waals surface area contributed by atoms with Crippen molar-refractivity contribution in [1.29, 1.82) is 5.41 Å². The quantitative estimate of drug-likeness (QED) is 0.0776. The molecule has 0 aliphatic carbocycles.